The van der Waals surface area contributed by atoms with E-state index in [1.54, 1.807) is 30.5 Å². The highest BCUT2D eigenvalue weighted by Gasteiger charge is 2.10. The van der Waals surface area contributed by atoms with Crippen molar-refractivity contribution in [3.8, 4) is 11.1 Å². The number of guanidine groups is 1. The molecule has 0 aliphatic rings. The minimum atomic E-state index is -0.289. The van der Waals surface area contributed by atoms with Crippen LogP contribution in [-0.2, 0) is 6.42 Å². The number of halogens is 1. The number of nitrogens with one attached hydrogen (secondary N) is 3. The smallest absolute Gasteiger partial charge is 0.258 e. The molecule has 4 aromatic rings. The molecule has 3 aromatic carbocycles. The fraction of sp³-hybridized carbons (Fsp3) is 0.0800. The monoisotopic (exact) mass is 443 g/mol. The van der Waals surface area contributed by atoms with Crippen LogP contribution in [0.2, 0.25) is 5.02 Å². The number of aliphatic imine (C=N–C) groups is 1. The number of benzene rings is 3. The highest BCUT2D eigenvalue weighted by atomic mass is 35.5. The molecule has 4 rings (SSSR count). The van der Waals surface area contributed by atoms with Crippen LogP contribution in [0, 0.1) is 0 Å². The maximum atomic E-state index is 12.7. The van der Waals surface area contributed by atoms with Gasteiger partial charge in [0.25, 0.3) is 5.91 Å². The highest BCUT2D eigenvalue weighted by Crippen LogP contribution is 2.21. The zero-order chi connectivity index (χ0) is 22.2. The molecule has 0 spiro atoms. The number of carbonyl (C=O) groups is 1. The minimum absolute atomic E-state index is 0.289. The predicted octanol–water partition coefficient (Wildman–Crippen LogP) is 5.17. The number of anilines is 1. The third-order valence-electron chi connectivity index (χ3n) is 4.80. The molecule has 0 aliphatic carbocycles. The van der Waals surface area contributed by atoms with Crippen molar-refractivity contribution in [1.82, 2.24) is 15.5 Å². The second kappa shape index (κ2) is 10.4. The minimum Gasteiger partial charge on any atom is -0.326 e. The summed E-state index contributed by atoms with van der Waals surface area (Å²) in [6, 6.07) is 24.9. The molecular weight excluding hydrogens is 422 g/mol. The molecule has 0 atom stereocenters. The molecule has 160 valence electrons. The van der Waals surface area contributed by atoms with Crippen molar-refractivity contribution in [3.05, 3.63) is 107 Å². The first-order chi connectivity index (χ1) is 15.7. The summed E-state index contributed by atoms with van der Waals surface area (Å²) >= 11 is 6.03. The van der Waals surface area contributed by atoms with Crippen molar-refractivity contribution < 1.29 is 4.79 Å². The molecule has 1 amide bonds. The van der Waals surface area contributed by atoms with Crippen LogP contribution < -0.4 is 10.6 Å². The van der Waals surface area contributed by atoms with E-state index in [1.165, 1.54) is 0 Å². The van der Waals surface area contributed by atoms with Crippen LogP contribution in [0.3, 0.4) is 0 Å². The fourth-order valence-corrected chi connectivity index (χ4v) is 3.33. The number of hydrogen-bond donors (Lipinski definition) is 3. The van der Waals surface area contributed by atoms with Crippen molar-refractivity contribution >= 4 is 29.2 Å². The van der Waals surface area contributed by atoms with Gasteiger partial charge in [-0.3, -0.25) is 20.2 Å². The summed E-state index contributed by atoms with van der Waals surface area (Å²) in [6.07, 6.45) is 4.28. The van der Waals surface area contributed by atoms with Gasteiger partial charge in [-0.25, -0.2) is 0 Å². The Kier molecular flexibility index (Phi) is 6.94. The van der Waals surface area contributed by atoms with Crippen molar-refractivity contribution in [2.24, 2.45) is 4.99 Å². The lowest BCUT2D eigenvalue weighted by Gasteiger charge is -2.13. The topological polar surface area (TPSA) is 82.2 Å². The van der Waals surface area contributed by atoms with Crippen LogP contribution in [-0.4, -0.2) is 28.6 Å². The molecule has 7 heteroatoms. The van der Waals surface area contributed by atoms with E-state index in [9.17, 15) is 4.79 Å². The van der Waals surface area contributed by atoms with Crippen LogP contribution in [0.4, 0.5) is 5.69 Å². The number of aromatic amines is 1. The van der Waals surface area contributed by atoms with Crippen LogP contribution in [0.1, 0.15) is 15.9 Å². The lowest BCUT2D eigenvalue weighted by molar-refractivity contribution is 0.0977. The van der Waals surface area contributed by atoms with Crippen molar-refractivity contribution in [1.29, 1.82) is 0 Å². The van der Waals surface area contributed by atoms with Gasteiger partial charge in [-0.2, -0.15) is 5.10 Å². The summed E-state index contributed by atoms with van der Waals surface area (Å²) in [5.74, 6) is 0.0777. The van der Waals surface area contributed by atoms with Gasteiger partial charge >= 0.3 is 0 Å². The van der Waals surface area contributed by atoms with E-state index in [0.717, 1.165) is 22.4 Å². The second-order valence-corrected chi connectivity index (χ2v) is 7.56. The van der Waals surface area contributed by atoms with Gasteiger partial charge in [-0.05, 0) is 53.4 Å². The van der Waals surface area contributed by atoms with Gasteiger partial charge in [-0.1, -0.05) is 60.1 Å². The third-order valence-corrected chi connectivity index (χ3v) is 5.03. The Morgan fingerprint density at radius 3 is 2.47 bits per heavy atom. The lowest BCUT2D eigenvalue weighted by Crippen LogP contribution is -2.36. The maximum absolute atomic E-state index is 12.7. The van der Waals surface area contributed by atoms with E-state index in [4.69, 9.17) is 11.6 Å². The molecule has 0 saturated carbocycles. The number of carbonyl (C=O) groups excluding carboxylic acids is 1. The summed E-state index contributed by atoms with van der Waals surface area (Å²) < 4.78 is 0. The first-order valence-corrected chi connectivity index (χ1v) is 10.6. The molecule has 0 aliphatic heterocycles. The van der Waals surface area contributed by atoms with Gasteiger partial charge in [0.2, 0.25) is 5.96 Å². The normalized spacial score (nSPS) is 11.2. The van der Waals surface area contributed by atoms with Crippen molar-refractivity contribution in [2.75, 3.05) is 11.9 Å². The molecule has 0 saturated heterocycles. The molecule has 1 heterocycles. The molecule has 1 aromatic heterocycles. The standard InChI is InChI=1S/C25H22ClN5O/c26-22-8-4-7-21(15-22)24(32)31-25(27-14-13-18-16-28-29-17-18)30-23-11-9-20(10-12-23)19-5-2-1-3-6-19/h1-12,15-17H,13-14H2,(H,28,29)(H2,27,30,31,32). The number of nitrogens with zero attached hydrogens (tertiary/aromatic N) is 2. The summed E-state index contributed by atoms with van der Waals surface area (Å²) in [5, 5.41) is 13.3. The summed E-state index contributed by atoms with van der Waals surface area (Å²) in [5.41, 5.74) is 4.57. The Hall–Kier alpha value is -3.90. The molecular formula is C25H22ClN5O. The third kappa shape index (κ3) is 5.83. The lowest BCUT2D eigenvalue weighted by atomic mass is 10.1. The molecule has 0 unspecified atom stereocenters. The largest absolute Gasteiger partial charge is 0.326 e. The summed E-state index contributed by atoms with van der Waals surface area (Å²) in [4.78, 5) is 17.3. The van der Waals surface area contributed by atoms with Gasteiger partial charge in [0.15, 0.2) is 0 Å². The Morgan fingerprint density at radius 2 is 1.75 bits per heavy atom. The van der Waals surface area contributed by atoms with Gasteiger partial charge < -0.3 is 5.32 Å². The first-order valence-electron chi connectivity index (χ1n) is 10.2. The van der Waals surface area contributed by atoms with E-state index in [0.29, 0.717) is 29.5 Å². The predicted molar refractivity (Wildman–Crippen MR) is 129 cm³/mol. The van der Waals surface area contributed by atoms with E-state index < -0.39 is 0 Å². The van der Waals surface area contributed by atoms with Gasteiger partial charge in [0, 0.05) is 29.0 Å². The maximum Gasteiger partial charge on any atom is 0.258 e. The van der Waals surface area contributed by atoms with Crippen LogP contribution in [0.5, 0.6) is 0 Å². The fourth-order valence-electron chi connectivity index (χ4n) is 3.14. The SMILES string of the molecule is O=C(NC(=NCCc1cn[nH]c1)Nc1ccc(-c2ccccc2)cc1)c1cccc(Cl)c1. The van der Waals surface area contributed by atoms with E-state index >= 15 is 0 Å². The van der Waals surface area contributed by atoms with Crippen LogP contribution >= 0.6 is 11.6 Å². The number of amides is 1. The summed E-state index contributed by atoms with van der Waals surface area (Å²) in [7, 11) is 0. The molecule has 32 heavy (non-hydrogen) atoms. The van der Waals surface area contributed by atoms with Crippen LogP contribution in [0.15, 0.2) is 96.2 Å². The molecule has 0 radical (unpaired) electrons. The van der Waals surface area contributed by atoms with E-state index in [1.807, 2.05) is 48.7 Å². The van der Waals surface area contributed by atoms with Gasteiger partial charge in [0.1, 0.15) is 0 Å². The first kappa shape index (κ1) is 21.3. The van der Waals surface area contributed by atoms with E-state index in [2.05, 4.69) is 38.0 Å². The quantitative estimate of drug-likeness (QED) is 0.284. The van der Waals surface area contributed by atoms with Gasteiger partial charge in [-0.15, -0.1) is 0 Å². The molecule has 0 bridgehead atoms. The Balaban J connectivity index is 1.49. The highest BCUT2D eigenvalue weighted by molar-refractivity contribution is 6.31. The number of H-pyrrole nitrogens is 1. The second-order valence-electron chi connectivity index (χ2n) is 7.12. The van der Waals surface area contributed by atoms with Crippen molar-refractivity contribution in [3.63, 3.8) is 0 Å². The number of hydrogen-bond acceptors (Lipinski definition) is 3. The zero-order valence-electron chi connectivity index (χ0n) is 17.3. The van der Waals surface area contributed by atoms with E-state index in [-0.39, 0.29) is 5.91 Å². The van der Waals surface area contributed by atoms with Crippen LogP contribution in [0.25, 0.3) is 11.1 Å². The summed E-state index contributed by atoms with van der Waals surface area (Å²) in [6.45, 7) is 0.486. The molecule has 6 nitrogen and oxygen atoms in total. The van der Waals surface area contributed by atoms with Gasteiger partial charge in [0.05, 0.1) is 6.20 Å². The number of rotatable bonds is 6. The molecule has 0 fully saturated rings. The average molecular weight is 444 g/mol. The zero-order valence-corrected chi connectivity index (χ0v) is 18.0. The average Bonchev–Trinajstić information content (AvgIpc) is 3.34. The Bertz CT molecular complexity index is 1190. The molecule has 3 N–H and O–H groups in total. The Labute approximate surface area is 191 Å². The van der Waals surface area contributed by atoms with Crippen molar-refractivity contribution in [2.45, 2.75) is 6.42 Å². The Morgan fingerprint density at radius 1 is 0.969 bits per heavy atom. The number of aromatic nitrogens is 2.